The Hall–Kier alpha value is -1.31. The molecule has 4 nitrogen and oxygen atoms in total. The number of carbonyl (C=O) groups excluding carboxylic acids is 1. The smallest absolute Gasteiger partial charge is 0.330 e. The average molecular weight is 224 g/mol. The van der Waals surface area contributed by atoms with E-state index in [9.17, 15) is 4.79 Å². The summed E-state index contributed by atoms with van der Waals surface area (Å²) in [6.45, 7) is 3.61. The molecule has 0 aromatic heterocycles. The van der Waals surface area contributed by atoms with Crippen molar-refractivity contribution in [1.82, 2.24) is 0 Å². The van der Waals surface area contributed by atoms with E-state index in [1.165, 1.54) is 13.2 Å². The number of rotatable bonds is 3. The van der Waals surface area contributed by atoms with Crippen molar-refractivity contribution in [2.45, 2.75) is 38.3 Å². The topological polar surface area (TPSA) is 44.8 Å². The van der Waals surface area contributed by atoms with Gasteiger partial charge >= 0.3 is 5.97 Å². The molecule has 0 amide bonds. The molecular weight excluding hydrogens is 208 g/mol. The van der Waals surface area contributed by atoms with Crippen LogP contribution >= 0.6 is 0 Å². The van der Waals surface area contributed by atoms with Crippen LogP contribution < -0.4 is 0 Å². The van der Waals surface area contributed by atoms with E-state index in [4.69, 9.17) is 15.9 Å². The molecule has 0 bridgehead atoms. The van der Waals surface area contributed by atoms with Gasteiger partial charge in [0, 0.05) is 6.08 Å². The van der Waals surface area contributed by atoms with Crippen molar-refractivity contribution in [2.75, 3.05) is 7.11 Å². The van der Waals surface area contributed by atoms with Gasteiger partial charge in [-0.2, -0.15) is 0 Å². The first kappa shape index (κ1) is 12.8. The molecule has 0 saturated carbocycles. The minimum Gasteiger partial charge on any atom is -0.466 e. The summed E-state index contributed by atoms with van der Waals surface area (Å²) in [5.74, 6) is 1.47. The van der Waals surface area contributed by atoms with Crippen LogP contribution in [0, 0.1) is 12.3 Å². The highest BCUT2D eigenvalue weighted by Gasteiger charge is 2.39. The molecule has 4 heteroatoms. The maximum Gasteiger partial charge on any atom is 0.330 e. The lowest BCUT2D eigenvalue weighted by atomic mass is 10.1. The number of hydrogen-bond donors (Lipinski definition) is 0. The Morgan fingerprint density at radius 2 is 2.25 bits per heavy atom. The highest BCUT2D eigenvalue weighted by Crippen LogP contribution is 2.29. The fourth-order valence-corrected chi connectivity index (χ4v) is 1.52. The third-order valence-corrected chi connectivity index (χ3v) is 2.17. The second-order valence-electron chi connectivity index (χ2n) is 3.92. The Morgan fingerprint density at radius 3 is 2.81 bits per heavy atom. The summed E-state index contributed by atoms with van der Waals surface area (Å²) in [7, 11) is 1.33. The molecular formula is C12H16O4. The summed E-state index contributed by atoms with van der Waals surface area (Å²) in [5.41, 5.74) is 0. The molecule has 16 heavy (non-hydrogen) atoms. The van der Waals surface area contributed by atoms with E-state index in [0.29, 0.717) is 6.42 Å². The highest BCUT2D eigenvalue weighted by atomic mass is 16.7. The number of methoxy groups -OCH3 is 1. The number of terminal acetylenes is 1. The van der Waals surface area contributed by atoms with Crippen LogP contribution in [0.2, 0.25) is 0 Å². The molecule has 1 fully saturated rings. The quantitative estimate of drug-likeness (QED) is 0.411. The van der Waals surface area contributed by atoms with E-state index >= 15 is 0 Å². The lowest BCUT2D eigenvalue weighted by Gasteiger charge is -2.15. The highest BCUT2D eigenvalue weighted by molar-refractivity contribution is 5.81. The SMILES string of the molecule is C#C[C@@H]1OC(C)(C)O[C@@H]1C/C=C/C(=O)OC. The normalized spacial score (nSPS) is 27.9. The van der Waals surface area contributed by atoms with Gasteiger partial charge in [-0.15, -0.1) is 6.42 Å². The van der Waals surface area contributed by atoms with E-state index < -0.39 is 11.8 Å². The van der Waals surface area contributed by atoms with Crippen LogP contribution in [0.5, 0.6) is 0 Å². The standard InChI is InChI=1S/C12H16O4/c1-5-9-10(16-12(2,3)15-9)7-6-8-11(13)14-4/h1,6,8-10H,7H2,2-4H3/b8-6+/t9-,10+/m0/s1. The second kappa shape index (κ2) is 5.15. The molecule has 0 spiro atoms. The Labute approximate surface area is 95.6 Å². The fourth-order valence-electron chi connectivity index (χ4n) is 1.52. The van der Waals surface area contributed by atoms with Crippen LogP contribution in [0.4, 0.5) is 0 Å². The van der Waals surface area contributed by atoms with Crippen molar-refractivity contribution in [3.05, 3.63) is 12.2 Å². The van der Waals surface area contributed by atoms with Crippen molar-refractivity contribution in [1.29, 1.82) is 0 Å². The van der Waals surface area contributed by atoms with Gasteiger partial charge in [-0.3, -0.25) is 0 Å². The molecule has 1 heterocycles. The maximum atomic E-state index is 10.8. The minimum absolute atomic E-state index is 0.221. The maximum absolute atomic E-state index is 10.8. The Morgan fingerprint density at radius 1 is 1.56 bits per heavy atom. The largest absolute Gasteiger partial charge is 0.466 e. The van der Waals surface area contributed by atoms with Crippen LogP contribution in [0.25, 0.3) is 0 Å². The molecule has 0 N–H and O–H groups in total. The Balaban J connectivity index is 2.52. The summed E-state index contributed by atoms with van der Waals surface area (Å²) in [5, 5.41) is 0. The van der Waals surface area contributed by atoms with Crippen LogP contribution in [0.15, 0.2) is 12.2 Å². The average Bonchev–Trinajstić information content (AvgIpc) is 2.53. The molecule has 1 rings (SSSR count). The number of carbonyl (C=O) groups is 1. The first-order valence-corrected chi connectivity index (χ1v) is 5.05. The van der Waals surface area contributed by atoms with E-state index in [0.717, 1.165) is 0 Å². The summed E-state index contributed by atoms with van der Waals surface area (Å²) in [6, 6.07) is 0. The van der Waals surface area contributed by atoms with E-state index in [2.05, 4.69) is 10.7 Å². The first-order valence-electron chi connectivity index (χ1n) is 5.05. The van der Waals surface area contributed by atoms with Gasteiger partial charge in [0.15, 0.2) is 5.79 Å². The van der Waals surface area contributed by atoms with Crippen molar-refractivity contribution < 1.29 is 19.0 Å². The summed E-state index contributed by atoms with van der Waals surface area (Å²) < 4.78 is 15.6. The van der Waals surface area contributed by atoms with Gasteiger partial charge in [0.25, 0.3) is 0 Å². The second-order valence-corrected chi connectivity index (χ2v) is 3.92. The molecule has 88 valence electrons. The molecule has 0 aromatic carbocycles. The lowest BCUT2D eigenvalue weighted by molar-refractivity contribution is -0.141. The van der Waals surface area contributed by atoms with E-state index in [1.54, 1.807) is 19.9 Å². The summed E-state index contributed by atoms with van der Waals surface area (Å²) in [6.07, 6.45) is 8.28. The fraction of sp³-hybridized carbons (Fsp3) is 0.583. The zero-order valence-electron chi connectivity index (χ0n) is 9.73. The van der Waals surface area contributed by atoms with Gasteiger partial charge in [0.05, 0.1) is 7.11 Å². The van der Waals surface area contributed by atoms with Gasteiger partial charge in [-0.1, -0.05) is 12.0 Å². The Bertz CT molecular complexity index is 324. The van der Waals surface area contributed by atoms with Gasteiger partial charge in [0.1, 0.15) is 12.2 Å². The predicted octanol–water partition coefficient (Wildman–Crippen LogP) is 1.26. The van der Waals surface area contributed by atoms with Crippen LogP contribution in [-0.4, -0.2) is 31.1 Å². The van der Waals surface area contributed by atoms with E-state index in [1.807, 2.05) is 0 Å². The molecule has 1 aliphatic rings. The zero-order valence-corrected chi connectivity index (χ0v) is 9.73. The van der Waals surface area contributed by atoms with Crippen molar-refractivity contribution in [3.63, 3.8) is 0 Å². The monoisotopic (exact) mass is 224 g/mol. The minimum atomic E-state index is -0.666. The van der Waals surface area contributed by atoms with Crippen LogP contribution in [0.3, 0.4) is 0 Å². The van der Waals surface area contributed by atoms with Crippen molar-refractivity contribution in [3.8, 4) is 12.3 Å². The lowest BCUT2D eigenvalue weighted by Crippen LogP contribution is -2.21. The van der Waals surface area contributed by atoms with Gasteiger partial charge in [0.2, 0.25) is 0 Å². The molecule has 1 saturated heterocycles. The van der Waals surface area contributed by atoms with E-state index in [-0.39, 0.29) is 12.2 Å². The zero-order chi connectivity index (χ0) is 12.2. The molecule has 0 aromatic rings. The van der Waals surface area contributed by atoms with Gasteiger partial charge in [-0.05, 0) is 20.3 Å². The van der Waals surface area contributed by atoms with Crippen molar-refractivity contribution >= 4 is 5.97 Å². The van der Waals surface area contributed by atoms with Crippen LogP contribution in [0.1, 0.15) is 20.3 Å². The third-order valence-electron chi connectivity index (χ3n) is 2.17. The first-order chi connectivity index (χ1) is 7.48. The van der Waals surface area contributed by atoms with Gasteiger partial charge in [-0.25, -0.2) is 4.79 Å². The molecule has 0 aliphatic carbocycles. The molecule has 2 atom stereocenters. The third kappa shape index (κ3) is 3.37. The number of esters is 1. The molecule has 0 unspecified atom stereocenters. The molecule has 0 radical (unpaired) electrons. The Kier molecular flexibility index (Phi) is 4.11. The molecule has 1 aliphatic heterocycles. The summed E-state index contributed by atoms with van der Waals surface area (Å²) >= 11 is 0. The number of hydrogen-bond acceptors (Lipinski definition) is 4. The van der Waals surface area contributed by atoms with Crippen molar-refractivity contribution in [2.24, 2.45) is 0 Å². The summed E-state index contributed by atoms with van der Waals surface area (Å²) in [4.78, 5) is 10.8. The predicted molar refractivity (Wildman–Crippen MR) is 58.4 cm³/mol. The van der Waals surface area contributed by atoms with Gasteiger partial charge < -0.3 is 14.2 Å². The van der Waals surface area contributed by atoms with Crippen LogP contribution in [-0.2, 0) is 19.0 Å². The number of ether oxygens (including phenoxy) is 3.